The molecule has 1 saturated heterocycles. The van der Waals surface area contributed by atoms with Gasteiger partial charge in [0.25, 0.3) is 5.91 Å². The highest BCUT2D eigenvalue weighted by molar-refractivity contribution is 7.14. The second kappa shape index (κ2) is 7.15. The number of carbonyl (C=O) groups is 1. The van der Waals surface area contributed by atoms with Crippen molar-refractivity contribution >= 4 is 28.6 Å². The van der Waals surface area contributed by atoms with Crippen LogP contribution in [-0.4, -0.2) is 43.5 Å². The molecule has 4 nitrogen and oxygen atoms in total. The Bertz CT molecular complexity index is 674. The molecule has 1 N–H and O–H groups in total. The van der Waals surface area contributed by atoms with Crippen molar-refractivity contribution in [1.82, 2.24) is 4.90 Å². The van der Waals surface area contributed by atoms with E-state index in [9.17, 15) is 4.79 Å². The summed E-state index contributed by atoms with van der Waals surface area (Å²) in [6.45, 7) is 9.46. The zero-order valence-corrected chi connectivity index (χ0v) is 14.5. The van der Waals surface area contributed by atoms with E-state index < -0.39 is 0 Å². The first-order chi connectivity index (χ1) is 11.2. The predicted octanol–water partition coefficient (Wildman–Crippen LogP) is 3.45. The van der Waals surface area contributed by atoms with Gasteiger partial charge >= 0.3 is 0 Å². The first kappa shape index (κ1) is 16.0. The fraction of sp³-hybridized carbons (Fsp3) is 0.389. The number of rotatable bonds is 4. The molecule has 0 unspecified atom stereocenters. The standard InChI is InChI=1S/C18H23N3OS/c1-3-20-10-12-21(13-11-20)16-7-5-4-6-15(16)19-18(22)17-9-8-14(2)23-17/h4-9H,3,10-13H2,1-2H3,(H,19,22). The van der Waals surface area contributed by atoms with Crippen LogP contribution >= 0.6 is 11.3 Å². The topological polar surface area (TPSA) is 35.6 Å². The first-order valence-corrected chi connectivity index (χ1v) is 8.93. The van der Waals surface area contributed by atoms with Crippen molar-refractivity contribution in [2.45, 2.75) is 13.8 Å². The first-order valence-electron chi connectivity index (χ1n) is 8.11. The van der Waals surface area contributed by atoms with Crippen LogP contribution < -0.4 is 10.2 Å². The van der Waals surface area contributed by atoms with Gasteiger partial charge in [0, 0.05) is 31.1 Å². The molecule has 0 bridgehead atoms. The Morgan fingerprint density at radius 1 is 1.13 bits per heavy atom. The lowest BCUT2D eigenvalue weighted by molar-refractivity contribution is 0.103. The van der Waals surface area contributed by atoms with Gasteiger partial charge in [0.1, 0.15) is 0 Å². The van der Waals surface area contributed by atoms with Gasteiger partial charge in [-0.25, -0.2) is 0 Å². The van der Waals surface area contributed by atoms with Crippen molar-refractivity contribution in [3.05, 3.63) is 46.2 Å². The molecule has 23 heavy (non-hydrogen) atoms. The van der Waals surface area contributed by atoms with E-state index in [0.29, 0.717) is 0 Å². The quantitative estimate of drug-likeness (QED) is 0.933. The summed E-state index contributed by atoms with van der Waals surface area (Å²) in [7, 11) is 0. The lowest BCUT2D eigenvalue weighted by atomic mass is 10.2. The molecule has 1 fully saturated rings. The van der Waals surface area contributed by atoms with Gasteiger partial charge < -0.3 is 15.1 Å². The summed E-state index contributed by atoms with van der Waals surface area (Å²) < 4.78 is 0. The lowest BCUT2D eigenvalue weighted by Crippen LogP contribution is -2.46. The number of para-hydroxylation sites is 2. The maximum atomic E-state index is 12.4. The summed E-state index contributed by atoms with van der Waals surface area (Å²) in [6, 6.07) is 12.0. The summed E-state index contributed by atoms with van der Waals surface area (Å²) in [5.41, 5.74) is 2.01. The van der Waals surface area contributed by atoms with E-state index in [4.69, 9.17) is 0 Å². The lowest BCUT2D eigenvalue weighted by Gasteiger charge is -2.36. The molecular weight excluding hydrogens is 306 g/mol. The molecule has 122 valence electrons. The molecule has 0 atom stereocenters. The highest BCUT2D eigenvalue weighted by Crippen LogP contribution is 2.27. The molecular formula is C18H23N3OS. The van der Waals surface area contributed by atoms with Crippen molar-refractivity contribution in [3.63, 3.8) is 0 Å². The van der Waals surface area contributed by atoms with Crippen molar-refractivity contribution < 1.29 is 4.79 Å². The Morgan fingerprint density at radius 2 is 1.87 bits per heavy atom. The molecule has 0 spiro atoms. The normalized spacial score (nSPS) is 15.7. The second-order valence-corrected chi connectivity index (χ2v) is 7.09. The Morgan fingerprint density at radius 3 is 2.52 bits per heavy atom. The van der Waals surface area contributed by atoms with Crippen LogP contribution in [0.25, 0.3) is 0 Å². The molecule has 1 aliphatic heterocycles. The second-order valence-electron chi connectivity index (χ2n) is 5.80. The van der Waals surface area contributed by atoms with E-state index in [1.54, 1.807) is 0 Å². The maximum Gasteiger partial charge on any atom is 0.265 e. The third-order valence-electron chi connectivity index (χ3n) is 4.28. The van der Waals surface area contributed by atoms with Crippen molar-refractivity contribution in [3.8, 4) is 0 Å². The Labute approximate surface area is 141 Å². The number of nitrogens with zero attached hydrogens (tertiary/aromatic N) is 2. The van der Waals surface area contributed by atoms with Gasteiger partial charge in [-0.05, 0) is 37.7 Å². The zero-order chi connectivity index (χ0) is 16.2. The molecule has 1 amide bonds. The Balaban J connectivity index is 1.74. The Hall–Kier alpha value is -1.85. The van der Waals surface area contributed by atoms with Gasteiger partial charge in [-0.3, -0.25) is 4.79 Å². The van der Waals surface area contributed by atoms with Crippen molar-refractivity contribution in [2.75, 3.05) is 42.9 Å². The van der Waals surface area contributed by atoms with Crippen LogP contribution in [0, 0.1) is 6.92 Å². The number of likely N-dealkylation sites (N-methyl/N-ethyl adjacent to an activating group) is 1. The number of aryl methyl sites for hydroxylation is 1. The van der Waals surface area contributed by atoms with Gasteiger partial charge in [-0.2, -0.15) is 0 Å². The summed E-state index contributed by atoms with van der Waals surface area (Å²) in [5.74, 6) is -0.0252. The number of benzene rings is 1. The van der Waals surface area contributed by atoms with Crippen LogP contribution in [0.15, 0.2) is 36.4 Å². The van der Waals surface area contributed by atoms with Gasteiger partial charge in [-0.1, -0.05) is 19.1 Å². The molecule has 0 saturated carbocycles. The average Bonchev–Trinajstić information content (AvgIpc) is 3.02. The van der Waals surface area contributed by atoms with Crippen LogP contribution in [0.1, 0.15) is 21.5 Å². The Kier molecular flexibility index (Phi) is 4.98. The number of amides is 1. The van der Waals surface area contributed by atoms with Gasteiger partial charge in [-0.15, -0.1) is 11.3 Å². The number of thiophene rings is 1. The SMILES string of the molecule is CCN1CCN(c2ccccc2NC(=O)c2ccc(C)s2)CC1. The molecule has 2 aromatic rings. The van der Waals surface area contributed by atoms with Gasteiger partial charge in [0.15, 0.2) is 0 Å². The van der Waals surface area contributed by atoms with Gasteiger partial charge in [0.2, 0.25) is 0 Å². The van der Waals surface area contributed by atoms with Crippen LogP contribution in [0.5, 0.6) is 0 Å². The van der Waals surface area contributed by atoms with E-state index in [2.05, 4.69) is 28.1 Å². The minimum Gasteiger partial charge on any atom is -0.367 e. The molecule has 1 aliphatic rings. The zero-order valence-electron chi connectivity index (χ0n) is 13.7. The summed E-state index contributed by atoms with van der Waals surface area (Å²) >= 11 is 1.53. The van der Waals surface area contributed by atoms with Gasteiger partial charge in [0.05, 0.1) is 16.3 Å². The number of piperazine rings is 1. The maximum absolute atomic E-state index is 12.4. The monoisotopic (exact) mass is 329 g/mol. The largest absolute Gasteiger partial charge is 0.367 e. The summed E-state index contributed by atoms with van der Waals surface area (Å²) in [4.78, 5) is 19.2. The summed E-state index contributed by atoms with van der Waals surface area (Å²) in [6.07, 6.45) is 0. The van der Waals surface area contributed by atoms with Crippen LogP contribution in [0.4, 0.5) is 11.4 Å². The highest BCUT2D eigenvalue weighted by atomic mass is 32.1. The minimum absolute atomic E-state index is 0.0252. The van der Waals surface area contributed by atoms with E-state index >= 15 is 0 Å². The average molecular weight is 329 g/mol. The van der Waals surface area contributed by atoms with E-state index in [1.165, 1.54) is 11.3 Å². The third kappa shape index (κ3) is 3.74. The van der Waals surface area contributed by atoms with Crippen LogP contribution in [-0.2, 0) is 0 Å². The molecule has 0 radical (unpaired) electrons. The third-order valence-corrected chi connectivity index (χ3v) is 5.28. The highest BCUT2D eigenvalue weighted by Gasteiger charge is 2.19. The molecule has 0 aliphatic carbocycles. The number of hydrogen-bond donors (Lipinski definition) is 1. The van der Waals surface area contributed by atoms with Crippen molar-refractivity contribution in [1.29, 1.82) is 0 Å². The van der Waals surface area contributed by atoms with E-state index in [1.807, 2.05) is 37.3 Å². The van der Waals surface area contributed by atoms with Crippen LogP contribution in [0.2, 0.25) is 0 Å². The number of hydrogen-bond acceptors (Lipinski definition) is 4. The van der Waals surface area contributed by atoms with Crippen molar-refractivity contribution in [2.24, 2.45) is 0 Å². The fourth-order valence-electron chi connectivity index (χ4n) is 2.90. The molecule has 5 heteroatoms. The number of carbonyl (C=O) groups excluding carboxylic acids is 1. The minimum atomic E-state index is -0.0252. The van der Waals surface area contributed by atoms with Crippen LogP contribution in [0.3, 0.4) is 0 Å². The predicted molar refractivity (Wildman–Crippen MR) is 97.8 cm³/mol. The van der Waals surface area contributed by atoms with E-state index in [0.717, 1.165) is 53.9 Å². The fourth-order valence-corrected chi connectivity index (χ4v) is 3.66. The molecule has 3 rings (SSSR count). The molecule has 1 aromatic heterocycles. The smallest absolute Gasteiger partial charge is 0.265 e. The number of nitrogens with one attached hydrogen (secondary N) is 1. The molecule has 1 aromatic carbocycles. The summed E-state index contributed by atoms with van der Waals surface area (Å²) in [5, 5.41) is 3.08. The number of anilines is 2. The molecule has 2 heterocycles. The van der Waals surface area contributed by atoms with E-state index in [-0.39, 0.29) is 5.91 Å².